The molecular formula is C37H54BF3N4O6. The zero-order valence-corrected chi connectivity index (χ0v) is 30.8. The van der Waals surface area contributed by atoms with Gasteiger partial charge in [0.1, 0.15) is 11.6 Å². The fourth-order valence-corrected chi connectivity index (χ4v) is 9.46. The van der Waals surface area contributed by atoms with Crippen LogP contribution in [0.1, 0.15) is 104 Å². The van der Waals surface area contributed by atoms with E-state index < -0.39 is 60.0 Å². The Hall–Kier alpha value is -2.84. The first-order chi connectivity index (χ1) is 23.8. The number of unbranched alkanes of at least 4 members (excludes halogenated alkanes) is 1. The van der Waals surface area contributed by atoms with Crippen LogP contribution in [0.5, 0.6) is 0 Å². The molecule has 0 aromatic heterocycles. The molecule has 3 saturated carbocycles. The third-order valence-corrected chi connectivity index (χ3v) is 12.4. The van der Waals surface area contributed by atoms with Crippen LogP contribution < -0.4 is 11.1 Å². The van der Waals surface area contributed by atoms with Gasteiger partial charge in [-0.1, -0.05) is 38.5 Å². The summed E-state index contributed by atoms with van der Waals surface area (Å²) in [4.78, 5) is 44.7. The van der Waals surface area contributed by atoms with E-state index in [1.165, 1.54) is 11.0 Å². The highest BCUT2D eigenvalue weighted by Crippen LogP contribution is 2.65. The fraction of sp³-hybridized carbons (Fsp3) is 0.757. The Morgan fingerprint density at radius 1 is 1.12 bits per heavy atom. The number of amides is 3. The molecule has 8 atom stereocenters. The van der Waals surface area contributed by atoms with Gasteiger partial charge in [-0.25, -0.2) is 4.79 Å². The Morgan fingerprint density at radius 2 is 1.86 bits per heavy atom. The summed E-state index contributed by atoms with van der Waals surface area (Å²) in [5.41, 5.74) is 4.20. The van der Waals surface area contributed by atoms with E-state index in [0.717, 1.165) is 37.8 Å². The van der Waals surface area contributed by atoms with Gasteiger partial charge in [0.05, 0.1) is 29.1 Å². The second kappa shape index (κ2) is 13.9. The van der Waals surface area contributed by atoms with Gasteiger partial charge in [-0.3, -0.25) is 9.59 Å². The number of halogens is 3. The summed E-state index contributed by atoms with van der Waals surface area (Å²) in [5.74, 6) is -1.78. The van der Waals surface area contributed by atoms with Crippen LogP contribution in [-0.4, -0.2) is 90.3 Å². The molecule has 3 aliphatic heterocycles. The smallest absolute Gasteiger partial charge is 0.444 e. The summed E-state index contributed by atoms with van der Waals surface area (Å²) in [6, 6.07) is 4.14. The Labute approximate surface area is 299 Å². The van der Waals surface area contributed by atoms with Gasteiger partial charge in [0.25, 0.3) is 0 Å². The number of hydrogen-bond donors (Lipinski definition) is 2. The second-order valence-electron chi connectivity index (χ2n) is 17.1. The third kappa shape index (κ3) is 7.38. The molecule has 0 radical (unpaired) electrons. The van der Waals surface area contributed by atoms with E-state index in [9.17, 15) is 27.6 Å². The number of carbonyl (C=O) groups is 3. The fourth-order valence-electron chi connectivity index (χ4n) is 9.46. The van der Waals surface area contributed by atoms with E-state index in [1.807, 2.05) is 0 Å². The normalized spacial score (nSPS) is 32.0. The zero-order valence-electron chi connectivity index (χ0n) is 30.8. The van der Waals surface area contributed by atoms with Crippen molar-refractivity contribution in [1.29, 1.82) is 0 Å². The van der Waals surface area contributed by atoms with Gasteiger partial charge in [0, 0.05) is 25.6 Å². The molecule has 6 fully saturated rings. The molecular weight excluding hydrogens is 664 g/mol. The molecule has 3 aliphatic carbocycles. The Bertz CT molecular complexity index is 1490. The molecule has 3 heterocycles. The van der Waals surface area contributed by atoms with Crippen LogP contribution in [0.2, 0.25) is 0 Å². The van der Waals surface area contributed by atoms with Crippen molar-refractivity contribution < 1.29 is 41.6 Å². The van der Waals surface area contributed by atoms with E-state index in [0.29, 0.717) is 49.8 Å². The average Bonchev–Trinajstić information content (AvgIpc) is 3.79. The van der Waals surface area contributed by atoms with Crippen molar-refractivity contribution in [2.24, 2.45) is 28.9 Å². The molecule has 0 spiro atoms. The topological polar surface area (TPSA) is 123 Å². The lowest BCUT2D eigenvalue weighted by Crippen LogP contribution is -2.65. The summed E-state index contributed by atoms with van der Waals surface area (Å²) in [6.45, 7) is 12.7. The third-order valence-electron chi connectivity index (χ3n) is 12.4. The highest BCUT2D eigenvalue weighted by atomic mass is 19.4. The van der Waals surface area contributed by atoms with Crippen LogP contribution in [0.4, 0.5) is 18.0 Å². The molecule has 1 aromatic carbocycles. The minimum atomic E-state index is -4.57. The number of alkyl halides is 3. The lowest BCUT2D eigenvalue weighted by molar-refractivity contribution is -0.199. The van der Waals surface area contributed by atoms with Gasteiger partial charge >= 0.3 is 19.4 Å². The number of nitrogens with zero attached hydrogens (tertiary/aromatic N) is 2. The molecule has 7 rings (SSSR count). The first-order valence-electron chi connectivity index (χ1n) is 18.6. The largest absolute Gasteiger partial charge is 0.481 e. The maximum atomic E-state index is 14.4. The van der Waals surface area contributed by atoms with Gasteiger partial charge in [-0.15, -0.1) is 0 Å². The van der Waals surface area contributed by atoms with Crippen molar-refractivity contribution in [2.45, 2.75) is 128 Å². The molecule has 3 amide bonds. The summed E-state index contributed by atoms with van der Waals surface area (Å²) < 4.78 is 60.1. The van der Waals surface area contributed by atoms with Gasteiger partial charge in [0.2, 0.25) is 11.8 Å². The molecule has 282 valence electrons. The van der Waals surface area contributed by atoms with E-state index in [1.54, 1.807) is 31.7 Å². The molecule has 6 aliphatic rings. The van der Waals surface area contributed by atoms with Crippen molar-refractivity contribution in [3.63, 3.8) is 0 Å². The average molecular weight is 719 g/mol. The number of nitrogens with two attached hydrogens (primary N) is 1. The minimum absolute atomic E-state index is 0.00942. The summed E-state index contributed by atoms with van der Waals surface area (Å²) in [5, 5.41) is 3.20. The Balaban J connectivity index is 1.20. The van der Waals surface area contributed by atoms with E-state index in [2.05, 4.69) is 26.1 Å². The maximum Gasteiger partial charge on any atom is 0.481 e. The molecule has 3 N–H and O–H groups in total. The number of carbonyl (C=O) groups excluding carboxylic acids is 3. The van der Waals surface area contributed by atoms with Gasteiger partial charge in [0.15, 0.2) is 0 Å². The minimum Gasteiger partial charge on any atom is -0.444 e. The van der Waals surface area contributed by atoms with Crippen LogP contribution in [0, 0.1) is 23.2 Å². The van der Waals surface area contributed by atoms with Gasteiger partial charge < -0.3 is 34.9 Å². The highest BCUT2D eigenvalue weighted by Gasteiger charge is 2.68. The molecule has 14 heteroatoms. The van der Waals surface area contributed by atoms with Gasteiger partial charge in [-0.05, 0) is 102 Å². The van der Waals surface area contributed by atoms with Crippen molar-refractivity contribution in [3.05, 3.63) is 35.4 Å². The van der Waals surface area contributed by atoms with Crippen molar-refractivity contribution in [3.8, 4) is 0 Å². The van der Waals surface area contributed by atoms with Crippen molar-refractivity contribution in [1.82, 2.24) is 15.1 Å². The molecule has 2 bridgehead atoms. The van der Waals surface area contributed by atoms with E-state index in [-0.39, 0.29) is 36.4 Å². The molecule has 1 aromatic rings. The number of hydrogen-bond acceptors (Lipinski definition) is 7. The van der Waals surface area contributed by atoms with E-state index in [4.69, 9.17) is 19.8 Å². The Kier molecular flexibility index (Phi) is 10.3. The van der Waals surface area contributed by atoms with Crippen LogP contribution in [-0.2, 0) is 29.8 Å². The number of benzene rings is 1. The lowest BCUT2D eigenvalue weighted by Gasteiger charge is -2.64. The molecule has 3 saturated heterocycles. The first kappa shape index (κ1) is 37.9. The molecule has 1 unspecified atom stereocenters. The quantitative estimate of drug-likeness (QED) is 0.255. The SMILES string of the molecule is CC(C)(C)OC(=O)N1C[C@H](C(=O)N2CCCC2C(=O)N[C@@H](CCCCN)B2O[C@@H]3C[C@@H]4C[C@@H](C4(C)C)[C@]3(C)O2)[C@H](c2cccc(C(F)(F)F)c2)C1. The standard InChI is InChI=1S/C37H54BF3N4O6/c1-34(2,3)49-33(48)44-20-25(22-11-9-12-23(17-22)37(39,40)41)26(21-44)32(47)45-16-10-13-27(45)31(46)43-30(14-7-8-15-42)38-50-29-19-24-18-28(35(24,4)5)36(29,6)51-38/h9,11-12,17,24-30H,7-8,10,13-16,18-21,42H2,1-6H3,(H,43,46)/t24-,25-,26-,27?,28-,29+,30-,36-/m0/s1. The number of nitrogens with one attached hydrogen (secondary N) is 1. The lowest BCUT2D eigenvalue weighted by atomic mass is 9.43. The predicted octanol–water partition coefficient (Wildman–Crippen LogP) is 5.53. The maximum absolute atomic E-state index is 14.4. The summed E-state index contributed by atoms with van der Waals surface area (Å²) >= 11 is 0. The second-order valence-corrected chi connectivity index (χ2v) is 17.1. The monoisotopic (exact) mass is 718 g/mol. The number of likely N-dealkylation sites (tertiary alicyclic amines) is 2. The number of ether oxygens (including phenoxy) is 1. The number of rotatable bonds is 9. The highest BCUT2D eigenvalue weighted by molar-refractivity contribution is 6.47. The van der Waals surface area contributed by atoms with Gasteiger partial charge in [-0.2, -0.15) is 13.2 Å². The predicted molar refractivity (Wildman–Crippen MR) is 185 cm³/mol. The van der Waals surface area contributed by atoms with Crippen LogP contribution in [0.15, 0.2) is 24.3 Å². The van der Waals surface area contributed by atoms with Crippen LogP contribution >= 0.6 is 0 Å². The zero-order chi connectivity index (χ0) is 37.1. The van der Waals surface area contributed by atoms with Crippen molar-refractivity contribution in [2.75, 3.05) is 26.2 Å². The molecule has 51 heavy (non-hydrogen) atoms. The van der Waals surface area contributed by atoms with Crippen LogP contribution in [0.25, 0.3) is 0 Å². The van der Waals surface area contributed by atoms with Crippen molar-refractivity contribution >= 4 is 25.0 Å². The van der Waals surface area contributed by atoms with Crippen LogP contribution in [0.3, 0.4) is 0 Å². The summed E-state index contributed by atoms with van der Waals surface area (Å²) in [6.07, 6.45) is -0.0838. The molecule has 10 nitrogen and oxygen atoms in total. The first-order valence-corrected chi connectivity index (χ1v) is 18.6. The van der Waals surface area contributed by atoms with E-state index >= 15 is 0 Å². The summed E-state index contributed by atoms with van der Waals surface area (Å²) in [7, 11) is -0.634. The Morgan fingerprint density at radius 3 is 2.53 bits per heavy atom.